The van der Waals surface area contributed by atoms with Crippen molar-refractivity contribution in [2.24, 2.45) is 0 Å². The Morgan fingerprint density at radius 2 is 1.71 bits per heavy atom. The predicted octanol–water partition coefficient (Wildman–Crippen LogP) is 3.73. The van der Waals surface area contributed by atoms with Crippen molar-refractivity contribution in [3.63, 3.8) is 0 Å². The van der Waals surface area contributed by atoms with Gasteiger partial charge in [0.1, 0.15) is 0 Å². The van der Waals surface area contributed by atoms with Gasteiger partial charge in [-0.05, 0) is 48.9 Å². The molecule has 0 saturated carbocycles. The summed E-state index contributed by atoms with van der Waals surface area (Å²) in [5.74, 6) is -4.61. The molecule has 0 unspecified atom stereocenters. The fourth-order valence-corrected chi connectivity index (χ4v) is 3.14. The van der Waals surface area contributed by atoms with Gasteiger partial charge in [-0.3, -0.25) is 9.59 Å². The summed E-state index contributed by atoms with van der Waals surface area (Å²) in [6, 6.07) is 8.41. The highest BCUT2D eigenvalue weighted by Gasteiger charge is 2.26. The van der Waals surface area contributed by atoms with Crippen molar-refractivity contribution in [2.45, 2.75) is 24.0 Å². The zero-order valence-corrected chi connectivity index (χ0v) is 16.3. The summed E-state index contributed by atoms with van der Waals surface area (Å²) in [6.07, 6.45) is 0.731. The first-order valence-electron chi connectivity index (χ1n) is 8.18. The third-order valence-electron chi connectivity index (χ3n) is 3.69. The van der Waals surface area contributed by atoms with E-state index < -0.39 is 32.3 Å². The molecule has 0 spiro atoms. The average molecular weight is 431 g/mol. The maximum absolute atomic E-state index is 12.6. The summed E-state index contributed by atoms with van der Waals surface area (Å²) in [6.45, 7) is 2.34. The molecule has 0 bridgehead atoms. The molecule has 0 aliphatic heterocycles. The van der Waals surface area contributed by atoms with E-state index in [2.05, 4.69) is 10.6 Å². The van der Waals surface area contributed by atoms with Crippen LogP contribution in [0, 0.1) is 0 Å². The highest BCUT2D eigenvalue weighted by Crippen LogP contribution is 2.23. The lowest BCUT2D eigenvalue weighted by molar-refractivity contribution is 0.0954. The Kier molecular flexibility index (Phi) is 7.09. The number of hydrogen-bond donors (Lipinski definition) is 2. The first-order valence-corrected chi connectivity index (χ1v) is 10.1. The number of carbonyl (C=O) groups excluding carboxylic acids is 2. The smallest absolute Gasteiger partial charge is 0.341 e. The molecule has 0 saturated heterocycles. The van der Waals surface area contributed by atoms with Gasteiger partial charge in [0.15, 0.2) is 0 Å². The highest BCUT2D eigenvalue weighted by atomic mass is 35.5. The molecule has 10 heteroatoms. The molecule has 0 atom stereocenters. The van der Waals surface area contributed by atoms with E-state index in [4.69, 9.17) is 11.6 Å². The monoisotopic (exact) mass is 430 g/mol. The number of benzene rings is 2. The Hall–Kier alpha value is -2.52. The SMILES string of the molecule is CCCNC(=O)c1ccc(Cl)cc1NC(=O)c1ccc(S(=O)(=O)C(F)F)cc1. The van der Waals surface area contributed by atoms with E-state index in [0.29, 0.717) is 11.6 Å². The van der Waals surface area contributed by atoms with Crippen molar-refractivity contribution in [1.82, 2.24) is 5.32 Å². The first kappa shape index (κ1) is 21.8. The summed E-state index contributed by atoms with van der Waals surface area (Å²) in [4.78, 5) is 24.1. The fourth-order valence-electron chi connectivity index (χ4n) is 2.24. The van der Waals surface area contributed by atoms with Gasteiger partial charge in [-0.15, -0.1) is 0 Å². The molecule has 2 aromatic rings. The van der Waals surface area contributed by atoms with E-state index in [1.807, 2.05) is 6.92 Å². The maximum atomic E-state index is 12.6. The van der Waals surface area contributed by atoms with Crippen molar-refractivity contribution in [2.75, 3.05) is 11.9 Å². The van der Waals surface area contributed by atoms with Crippen LogP contribution in [0.25, 0.3) is 0 Å². The van der Waals surface area contributed by atoms with Crippen molar-refractivity contribution in [3.05, 3.63) is 58.6 Å². The lowest BCUT2D eigenvalue weighted by atomic mass is 10.1. The molecular weight excluding hydrogens is 414 g/mol. The minimum Gasteiger partial charge on any atom is -0.352 e. The molecular formula is C18H17ClF2N2O4S. The molecule has 2 amide bonds. The zero-order valence-electron chi connectivity index (χ0n) is 14.7. The van der Waals surface area contributed by atoms with Gasteiger partial charge >= 0.3 is 5.76 Å². The number of anilines is 1. The Morgan fingerprint density at radius 3 is 2.29 bits per heavy atom. The molecule has 2 N–H and O–H groups in total. The van der Waals surface area contributed by atoms with E-state index in [9.17, 15) is 26.8 Å². The molecule has 2 rings (SSSR count). The van der Waals surface area contributed by atoms with Crippen LogP contribution in [0.3, 0.4) is 0 Å². The van der Waals surface area contributed by atoms with E-state index >= 15 is 0 Å². The third kappa shape index (κ3) is 5.05. The van der Waals surface area contributed by atoms with E-state index in [1.54, 1.807) is 0 Å². The van der Waals surface area contributed by atoms with Crippen LogP contribution in [0.15, 0.2) is 47.4 Å². The number of alkyl halides is 2. The number of rotatable bonds is 7. The van der Waals surface area contributed by atoms with E-state index in [1.165, 1.54) is 18.2 Å². The highest BCUT2D eigenvalue weighted by molar-refractivity contribution is 7.91. The van der Waals surface area contributed by atoms with Gasteiger partial charge < -0.3 is 10.6 Å². The van der Waals surface area contributed by atoms with Gasteiger partial charge in [0.2, 0.25) is 9.84 Å². The molecule has 0 heterocycles. The molecule has 28 heavy (non-hydrogen) atoms. The first-order chi connectivity index (χ1) is 13.2. The molecule has 0 aliphatic rings. The fraction of sp³-hybridized carbons (Fsp3) is 0.222. The number of hydrogen-bond acceptors (Lipinski definition) is 4. The van der Waals surface area contributed by atoms with Gasteiger partial charge in [0, 0.05) is 17.1 Å². The minimum atomic E-state index is -4.75. The summed E-state index contributed by atoms with van der Waals surface area (Å²) in [7, 11) is -4.75. The van der Waals surface area contributed by atoms with Crippen molar-refractivity contribution in [3.8, 4) is 0 Å². The van der Waals surface area contributed by atoms with Gasteiger partial charge in [-0.2, -0.15) is 8.78 Å². The van der Waals surface area contributed by atoms with Crippen molar-refractivity contribution in [1.29, 1.82) is 0 Å². The van der Waals surface area contributed by atoms with Crippen LogP contribution in [0.4, 0.5) is 14.5 Å². The molecule has 6 nitrogen and oxygen atoms in total. The van der Waals surface area contributed by atoms with Crippen LogP contribution in [0.2, 0.25) is 5.02 Å². The Balaban J connectivity index is 2.25. The molecule has 0 aliphatic carbocycles. The second-order valence-corrected chi connectivity index (χ2v) is 8.08. The van der Waals surface area contributed by atoms with Crippen LogP contribution in [-0.4, -0.2) is 32.5 Å². The van der Waals surface area contributed by atoms with E-state index in [-0.39, 0.29) is 16.8 Å². The molecule has 150 valence electrons. The van der Waals surface area contributed by atoms with Gasteiger partial charge in [-0.25, -0.2) is 8.42 Å². The largest absolute Gasteiger partial charge is 0.352 e. The standard InChI is InChI=1S/C18H17ClF2N2O4S/c1-2-9-22-17(25)14-8-5-12(19)10-15(14)23-16(24)11-3-6-13(7-4-11)28(26,27)18(20)21/h3-8,10,18H,2,9H2,1H3,(H,22,25)(H,23,24). The van der Waals surface area contributed by atoms with Crippen LogP contribution in [-0.2, 0) is 9.84 Å². The number of sulfone groups is 1. The van der Waals surface area contributed by atoms with Crippen LogP contribution in [0.5, 0.6) is 0 Å². The number of halogens is 3. The molecule has 2 aromatic carbocycles. The number of amides is 2. The third-order valence-corrected chi connectivity index (χ3v) is 5.32. The summed E-state index contributed by atoms with van der Waals surface area (Å²) < 4.78 is 48.0. The van der Waals surface area contributed by atoms with Crippen LogP contribution < -0.4 is 10.6 Å². The summed E-state index contributed by atoms with van der Waals surface area (Å²) in [5, 5.41) is 5.50. The molecule has 0 fully saturated rings. The normalized spacial score (nSPS) is 11.3. The van der Waals surface area contributed by atoms with Gasteiger partial charge in [-0.1, -0.05) is 18.5 Å². The molecule has 0 radical (unpaired) electrons. The zero-order chi connectivity index (χ0) is 20.9. The average Bonchev–Trinajstić information content (AvgIpc) is 2.66. The second kappa shape index (κ2) is 9.11. The molecule has 0 aromatic heterocycles. The topological polar surface area (TPSA) is 92.3 Å². The van der Waals surface area contributed by atoms with Crippen LogP contribution in [0.1, 0.15) is 34.1 Å². The predicted molar refractivity (Wildman–Crippen MR) is 102 cm³/mol. The van der Waals surface area contributed by atoms with Crippen molar-refractivity contribution >= 4 is 38.9 Å². The number of nitrogens with one attached hydrogen (secondary N) is 2. The summed E-state index contributed by atoms with van der Waals surface area (Å²) >= 11 is 5.94. The maximum Gasteiger partial charge on any atom is 0.341 e. The van der Waals surface area contributed by atoms with Crippen molar-refractivity contribution < 1.29 is 26.8 Å². The Bertz CT molecular complexity index is 980. The summed E-state index contributed by atoms with van der Waals surface area (Å²) in [5.41, 5.74) is 0.381. The quantitative estimate of drug-likeness (QED) is 0.700. The lowest BCUT2D eigenvalue weighted by Gasteiger charge is -2.12. The van der Waals surface area contributed by atoms with Gasteiger partial charge in [0.05, 0.1) is 16.1 Å². The number of carbonyl (C=O) groups is 2. The minimum absolute atomic E-state index is 0.0214. The second-order valence-electron chi connectivity index (χ2n) is 5.73. The van der Waals surface area contributed by atoms with E-state index in [0.717, 1.165) is 30.7 Å². The van der Waals surface area contributed by atoms with Crippen LogP contribution >= 0.6 is 11.6 Å². The Labute approximate surface area is 165 Å². The van der Waals surface area contributed by atoms with Gasteiger partial charge in [0.25, 0.3) is 11.8 Å². The lowest BCUT2D eigenvalue weighted by Crippen LogP contribution is -2.25. The Morgan fingerprint density at radius 1 is 1.07 bits per heavy atom.